The number of halogens is 1. The number of rotatable bonds is 2. The molecular weight excluding hydrogens is 161 g/mol. The van der Waals surface area contributed by atoms with E-state index >= 15 is 0 Å². The minimum Gasteiger partial charge on any atom is -0.385 e. The van der Waals surface area contributed by atoms with Crippen LogP contribution in [0.2, 0.25) is 0 Å². The molecule has 0 aliphatic rings. The van der Waals surface area contributed by atoms with Crippen molar-refractivity contribution < 1.29 is 14.3 Å². The average molecular weight is 168 g/mol. The molecule has 1 aromatic rings. The van der Waals surface area contributed by atoms with Crippen LogP contribution in [0.4, 0.5) is 4.39 Å². The first-order valence-corrected chi connectivity index (χ1v) is 3.21. The summed E-state index contributed by atoms with van der Waals surface area (Å²) in [7, 11) is 0. The molecule has 0 saturated carbocycles. The van der Waals surface area contributed by atoms with Gasteiger partial charge < -0.3 is 10.8 Å². The molecular formula is C8H7FNO2. The van der Waals surface area contributed by atoms with Crippen LogP contribution in [0, 0.1) is 12.4 Å². The molecule has 63 valence electrons. The van der Waals surface area contributed by atoms with Gasteiger partial charge in [-0.25, -0.2) is 4.39 Å². The largest absolute Gasteiger partial charge is 0.385 e. The Morgan fingerprint density at radius 3 is 2.67 bits per heavy atom. The number of carbonyl (C=O) groups is 1. The van der Waals surface area contributed by atoms with E-state index in [1.165, 1.54) is 6.07 Å². The van der Waals surface area contributed by atoms with Gasteiger partial charge in [0.25, 0.3) is 0 Å². The van der Waals surface area contributed by atoms with E-state index in [2.05, 4.69) is 0 Å². The number of nitrogens with two attached hydrogens (primary N) is 1. The van der Waals surface area contributed by atoms with Crippen molar-refractivity contribution >= 4 is 5.91 Å². The standard InChI is InChI=1S/C8H7FNO2/c9-7-2-5(4-11)1-6(3-7)8(10)12/h1-4,11H,(H2,10,12). The molecule has 0 atom stereocenters. The third kappa shape index (κ3) is 1.79. The summed E-state index contributed by atoms with van der Waals surface area (Å²) in [5, 5.41) is 8.52. The van der Waals surface area contributed by atoms with Crippen molar-refractivity contribution in [3.05, 3.63) is 41.8 Å². The van der Waals surface area contributed by atoms with Crippen LogP contribution in [-0.4, -0.2) is 11.0 Å². The Morgan fingerprint density at radius 1 is 1.50 bits per heavy atom. The highest BCUT2D eigenvalue weighted by Gasteiger charge is 2.04. The fraction of sp³-hybridized carbons (Fsp3) is 0. The van der Waals surface area contributed by atoms with E-state index < -0.39 is 11.7 Å². The molecule has 1 amide bonds. The molecule has 0 spiro atoms. The maximum absolute atomic E-state index is 12.6. The molecule has 0 aliphatic heterocycles. The first kappa shape index (κ1) is 8.67. The molecule has 0 fully saturated rings. The van der Waals surface area contributed by atoms with Crippen LogP contribution in [0.25, 0.3) is 0 Å². The van der Waals surface area contributed by atoms with E-state index in [0.717, 1.165) is 12.1 Å². The molecule has 4 heteroatoms. The lowest BCUT2D eigenvalue weighted by atomic mass is 10.1. The fourth-order valence-corrected chi connectivity index (χ4v) is 0.829. The SMILES string of the molecule is NC(=O)c1cc(F)cc([CH]O)c1. The van der Waals surface area contributed by atoms with Crippen LogP contribution in [-0.2, 0) is 0 Å². The van der Waals surface area contributed by atoms with E-state index in [0.29, 0.717) is 6.61 Å². The number of primary amides is 1. The van der Waals surface area contributed by atoms with E-state index in [4.69, 9.17) is 10.8 Å². The maximum atomic E-state index is 12.6. The first-order valence-electron chi connectivity index (χ1n) is 3.21. The number of hydrogen-bond acceptors (Lipinski definition) is 2. The van der Waals surface area contributed by atoms with E-state index in [1.54, 1.807) is 0 Å². The van der Waals surface area contributed by atoms with Gasteiger partial charge in [0.2, 0.25) is 5.91 Å². The number of aliphatic hydroxyl groups is 1. The summed E-state index contributed by atoms with van der Waals surface area (Å²) in [4.78, 5) is 10.6. The summed E-state index contributed by atoms with van der Waals surface area (Å²) >= 11 is 0. The van der Waals surface area contributed by atoms with Crippen molar-refractivity contribution in [1.29, 1.82) is 0 Å². The van der Waals surface area contributed by atoms with Crippen molar-refractivity contribution in [3.63, 3.8) is 0 Å². The number of hydrogen-bond donors (Lipinski definition) is 2. The van der Waals surface area contributed by atoms with Crippen LogP contribution >= 0.6 is 0 Å². The monoisotopic (exact) mass is 168 g/mol. The summed E-state index contributed by atoms with van der Waals surface area (Å²) in [6.45, 7) is 0.704. The van der Waals surface area contributed by atoms with Gasteiger partial charge in [-0.3, -0.25) is 4.79 Å². The third-order valence-electron chi connectivity index (χ3n) is 1.35. The zero-order valence-corrected chi connectivity index (χ0v) is 6.12. The maximum Gasteiger partial charge on any atom is 0.248 e. The highest BCUT2D eigenvalue weighted by Crippen LogP contribution is 2.09. The van der Waals surface area contributed by atoms with Crippen molar-refractivity contribution in [1.82, 2.24) is 0 Å². The zero-order valence-electron chi connectivity index (χ0n) is 6.12. The molecule has 1 aromatic carbocycles. The van der Waals surface area contributed by atoms with Crippen LogP contribution < -0.4 is 5.73 Å². The van der Waals surface area contributed by atoms with E-state index in [9.17, 15) is 9.18 Å². The minimum absolute atomic E-state index is 0.0373. The predicted octanol–water partition coefficient (Wildman–Crippen LogP) is 0.807. The molecule has 0 heterocycles. The van der Waals surface area contributed by atoms with Gasteiger partial charge >= 0.3 is 0 Å². The lowest BCUT2D eigenvalue weighted by Gasteiger charge is -1.99. The molecule has 0 saturated heterocycles. The molecule has 12 heavy (non-hydrogen) atoms. The molecule has 3 nitrogen and oxygen atoms in total. The smallest absolute Gasteiger partial charge is 0.248 e. The quantitative estimate of drug-likeness (QED) is 0.686. The molecule has 3 N–H and O–H groups in total. The van der Waals surface area contributed by atoms with Gasteiger partial charge in [-0.2, -0.15) is 0 Å². The van der Waals surface area contributed by atoms with Crippen LogP contribution in [0.3, 0.4) is 0 Å². The van der Waals surface area contributed by atoms with Crippen molar-refractivity contribution in [2.45, 2.75) is 0 Å². The van der Waals surface area contributed by atoms with Gasteiger partial charge in [0.05, 0.1) is 0 Å². The topological polar surface area (TPSA) is 63.3 Å². The molecule has 0 aromatic heterocycles. The van der Waals surface area contributed by atoms with Gasteiger partial charge in [0.1, 0.15) is 12.4 Å². The van der Waals surface area contributed by atoms with Crippen LogP contribution in [0.15, 0.2) is 18.2 Å². The lowest BCUT2D eigenvalue weighted by Crippen LogP contribution is -2.11. The number of benzene rings is 1. The van der Waals surface area contributed by atoms with Crippen molar-refractivity contribution in [2.75, 3.05) is 0 Å². The molecule has 1 rings (SSSR count). The summed E-state index contributed by atoms with van der Waals surface area (Å²) in [6, 6.07) is 3.40. The summed E-state index contributed by atoms with van der Waals surface area (Å²) in [5.74, 6) is -1.33. The highest BCUT2D eigenvalue weighted by atomic mass is 19.1. The van der Waals surface area contributed by atoms with E-state index in [1.807, 2.05) is 0 Å². The van der Waals surface area contributed by atoms with Gasteiger partial charge in [-0.1, -0.05) is 0 Å². The zero-order chi connectivity index (χ0) is 9.14. The Kier molecular flexibility index (Phi) is 2.40. The first-order chi connectivity index (χ1) is 5.63. The molecule has 0 bridgehead atoms. The van der Waals surface area contributed by atoms with E-state index in [-0.39, 0.29) is 11.1 Å². The summed E-state index contributed by atoms with van der Waals surface area (Å²) in [6.07, 6.45) is 0. The Bertz CT molecular complexity index is 312. The normalized spacial score (nSPS) is 9.83. The van der Waals surface area contributed by atoms with Crippen molar-refractivity contribution in [2.24, 2.45) is 5.73 Å². The molecule has 0 aliphatic carbocycles. The van der Waals surface area contributed by atoms with Gasteiger partial charge in [0, 0.05) is 5.56 Å². The van der Waals surface area contributed by atoms with Crippen molar-refractivity contribution in [3.8, 4) is 0 Å². The average Bonchev–Trinajstić information content (AvgIpc) is 2.03. The van der Waals surface area contributed by atoms with Crippen LogP contribution in [0.1, 0.15) is 15.9 Å². The second kappa shape index (κ2) is 3.32. The molecule has 1 radical (unpaired) electrons. The second-order valence-corrected chi connectivity index (χ2v) is 2.27. The van der Waals surface area contributed by atoms with Crippen LogP contribution in [0.5, 0.6) is 0 Å². The highest BCUT2D eigenvalue weighted by molar-refractivity contribution is 5.93. The molecule has 0 unspecified atom stereocenters. The lowest BCUT2D eigenvalue weighted by molar-refractivity contribution is 0.1000. The number of amides is 1. The Morgan fingerprint density at radius 2 is 2.17 bits per heavy atom. The Hall–Kier alpha value is -1.42. The Balaban J connectivity index is 3.15. The van der Waals surface area contributed by atoms with Gasteiger partial charge in [-0.05, 0) is 23.8 Å². The fourth-order valence-electron chi connectivity index (χ4n) is 0.829. The predicted molar refractivity (Wildman–Crippen MR) is 40.3 cm³/mol. The van der Waals surface area contributed by atoms with Gasteiger partial charge in [-0.15, -0.1) is 0 Å². The number of carbonyl (C=O) groups excluding carboxylic acids is 1. The number of aliphatic hydroxyl groups excluding tert-OH is 1. The Labute approximate surface area is 68.6 Å². The third-order valence-corrected chi connectivity index (χ3v) is 1.35. The second-order valence-electron chi connectivity index (χ2n) is 2.27. The minimum atomic E-state index is -0.724. The summed E-state index contributed by atoms with van der Waals surface area (Å²) in [5.41, 5.74) is 5.15. The van der Waals surface area contributed by atoms with Gasteiger partial charge in [0.15, 0.2) is 0 Å². The summed E-state index contributed by atoms with van der Waals surface area (Å²) < 4.78 is 12.6.